The second-order valence-electron chi connectivity index (χ2n) is 4.03. The van der Waals surface area contributed by atoms with Gasteiger partial charge in [-0.25, -0.2) is 0 Å². The maximum atomic E-state index is 10.9. The molecule has 0 aliphatic heterocycles. The van der Waals surface area contributed by atoms with Gasteiger partial charge in [0.15, 0.2) is 0 Å². The molecule has 0 aliphatic rings. The first-order valence-corrected chi connectivity index (χ1v) is 5.44. The minimum Gasteiger partial charge on any atom is -0.379 e. The van der Waals surface area contributed by atoms with E-state index in [0.717, 1.165) is 11.1 Å². The van der Waals surface area contributed by atoms with Crippen molar-refractivity contribution in [2.24, 2.45) is 5.73 Å². The summed E-state index contributed by atoms with van der Waals surface area (Å²) in [5.41, 5.74) is 6.19. The predicted octanol–water partition coefficient (Wildman–Crippen LogP) is 1.06. The third kappa shape index (κ3) is 2.05. The van der Waals surface area contributed by atoms with Crippen molar-refractivity contribution >= 4 is 0 Å². The molecule has 0 aliphatic carbocycles. The summed E-state index contributed by atoms with van der Waals surface area (Å²) in [4.78, 5) is 7.90. The number of pyridine rings is 2. The van der Waals surface area contributed by atoms with Crippen molar-refractivity contribution in [2.75, 3.05) is 0 Å². The van der Waals surface area contributed by atoms with Crippen LogP contribution < -0.4 is 5.73 Å². The highest BCUT2D eigenvalue weighted by Gasteiger charge is 2.35. The molecule has 0 radical (unpaired) electrons. The van der Waals surface area contributed by atoms with E-state index in [1.807, 2.05) is 0 Å². The molecule has 1 unspecified atom stereocenters. The minimum absolute atomic E-state index is 0.438. The van der Waals surface area contributed by atoms with Crippen molar-refractivity contribution in [3.05, 3.63) is 60.2 Å². The lowest BCUT2D eigenvalue weighted by atomic mass is 9.82. The molecule has 2 aromatic heterocycles. The molecule has 88 valence electrons. The molecule has 0 spiro atoms. The summed E-state index contributed by atoms with van der Waals surface area (Å²) in [6.45, 7) is 1.78. The maximum Gasteiger partial charge on any atom is 0.130 e. The molecule has 2 aromatic rings. The van der Waals surface area contributed by atoms with Gasteiger partial charge in [0.25, 0.3) is 0 Å². The topological polar surface area (TPSA) is 72.0 Å². The quantitative estimate of drug-likeness (QED) is 0.825. The second kappa shape index (κ2) is 4.61. The van der Waals surface area contributed by atoms with E-state index in [1.165, 1.54) is 0 Å². The monoisotopic (exact) mass is 229 g/mol. The Balaban J connectivity index is 2.55. The van der Waals surface area contributed by atoms with Crippen molar-refractivity contribution in [3.63, 3.8) is 0 Å². The van der Waals surface area contributed by atoms with E-state index in [-0.39, 0.29) is 0 Å². The Morgan fingerprint density at radius 1 is 1.00 bits per heavy atom. The second-order valence-corrected chi connectivity index (χ2v) is 4.03. The van der Waals surface area contributed by atoms with E-state index in [1.54, 1.807) is 56.0 Å². The van der Waals surface area contributed by atoms with Crippen molar-refractivity contribution in [2.45, 2.75) is 18.6 Å². The Morgan fingerprint density at radius 3 is 1.65 bits per heavy atom. The zero-order valence-corrected chi connectivity index (χ0v) is 9.62. The van der Waals surface area contributed by atoms with Gasteiger partial charge in [0.05, 0.1) is 0 Å². The molecular formula is C13H15N3O. The van der Waals surface area contributed by atoms with Crippen LogP contribution in [0, 0.1) is 0 Å². The van der Waals surface area contributed by atoms with Gasteiger partial charge in [-0.2, -0.15) is 0 Å². The maximum absolute atomic E-state index is 10.9. The fraction of sp³-hybridized carbons (Fsp3) is 0.231. The van der Waals surface area contributed by atoms with Crippen LogP contribution in [0.15, 0.2) is 49.1 Å². The van der Waals surface area contributed by atoms with Crippen molar-refractivity contribution < 1.29 is 5.11 Å². The lowest BCUT2D eigenvalue weighted by molar-refractivity contribution is 0.0577. The molecular weight excluding hydrogens is 214 g/mol. The summed E-state index contributed by atoms with van der Waals surface area (Å²) in [5, 5.41) is 10.9. The third-order valence-electron chi connectivity index (χ3n) is 2.90. The number of rotatable bonds is 3. The Bertz CT molecular complexity index is 431. The van der Waals surface area contributed by atoms with E-state index < -0.39 is 11.6 Å². The first kappa shape index (κ1) is 11.7. The molecule has 2 heterocycles. The summed E-state index contributed by atoms with van der Waals surface area (Å²) in [7, 11) is 0. The lowest BCUT2D eigenvalue weighted by Gasteiger charge is -2.32. The number of hydrogen-bond acceptors (Lipinski definition) is 4. The molecule has 0 bridgehead atoms. The largest absolute Gasteiger partial charge is 0.379 e. The summed E-state index contributed by atoms with van der Waals surface area (Å²) >= 11 is 0. The summed E-state index contributed by atoms with van der Waals surface area (Å²) < 4.78 is 0. The predicted molar refractivity (Wildman–Crippen MR) is 65.1 cm³/mol. The number of aromatic nitrogens is 2. The van der Waals surface area contributed by atoms with E-state index in [2.05, 4.69) is 9.97 Å². The standard InChI is InChI=1S/C13H15N3O/c1-10(14)13(17,11-2-6-15-7-3-11)12-4-8-16-9-5-12/h2-10,17H,14H2,1H3. The van der Waals surface area contributed by atoms with Crippen molar-refractivity contribution in [1.82, 2.24) is 9.97 Å². The SMILES string of the molecule is CC(N)C(O)(c1ccncc1)c1ccncc1. The number of hydrogen-bond donors (Lipinski definition) is 2. The number of aliphatic hydroxyl groups is 1. The molecule has 3 N–H and O–H groups in total. The molecule has 0 amide bonds. The van der Waals surface area contributed by atoms with Crippen LogP contribution in [0.25, 0.3) is 0 Å². The van der Waals surface area contributed by atoms with E-state index in [0.29, 0.717) is 0 Å². The molecule has 1 atom stereocenters. The van der Waals surface area contributed by atoms with Gasteiger partial charge in [-0.1, -0.05) is 0 Å². The third-order valence-corrected chi connectivity index (χ3v) is 2.90. The first-order chi connectivity index (χ1) is 8.15. The highest BCUT2D eigenvalue weighted by molar-refractivity contribution is 5.35. The van der Waals surface area contributed by atoms with Crippen LogP contribution in [0.2, 0.25) is 0 Å². The van der Waals surface area contributed by atoms with Crippen LogP contribution in [0.1, 0.15) is 18.1 Å². The van der Waals surface area contributed by atoms with Gasteiger partial charge in [0.2, 0.25) is 0 Å². The Hall–Kier alpha value is -1.78. The molecule has 17 heavy (non-hydrogen) atoms. The fourth-order valence-corrected chi connectivity index (χ4v) is 1.90. The van der Waals surface area contributed by atoms with Gasteiger partial charge >= 0.3 is 0 Å². The summed E-state index contributed by atoms with van der Waals surface area (Å²) in [6.07, 6.45) is 6.57. The first-order valence-electron chi connectivity index (χ1n) is 5.44. The Kier molecular flexibility index (Phi) is 3.17. The molecule has 4 heteroatoms. The fourth-order valence-electron chi connectivity index (χ4n) is 1.90. The van der Waals surface area contributed by atoms with Gasteiger partial charge in [0, 0.05) is 30.8 Å². The van der Waals surface area contributed by atoms with Crippen LogP contribution in [0.3, 0.4) is 0 Å². The highest BCUT2D eigenvalue weighted by atomic mass is 16.3. The molecule has 2 rings (SSSR count). The van der Waals surface area contributed by atoms with Crippen molar-refractivity contribution in [1.29, 1.82) is 0 Å². The van der Waals surface area contributed by atoms with E-state index >= 15 is 0 Å². The Morgan fingerprint density at radius 2 is 1.35 bits per heavy atom. The van der Waals surface area contributed by atoms with Crippen LogP contribution in [-0.4, -0.2) is 21.1 Å². The van der Waals surface area contributed by atoms with E-state index in [4.69, 9.17) is 5.73 Å². The molecule has 4 nitrogen and oxygen atoms in total. The average Bonchev–Trinajstić information content (AvgIpc) is 2.39. The zero-order valence-electron chi connectivity index (χ0n) is 9.62. The van der Waals surface area contributed by atoms with Gasteiger partial charge in [-0.05, 0) is 42.3 Å². The van der Waals surface area contributed by atoms with Crippen molar-refractivity contribution in [3.8, 4) is 0 Å². The summed E-state index contributed by atoms with van der Waals surface area (Å²) in [5.74, 6) is 0. The summed E-state index contributed by atoms with van der Waals surface area (Å²) in [6, 6.07) is 6.63. The molecule has 0 aromatic carbocycles. The van der Waals surface area contributed by atoms with Crippen LogP contribution in [-0.2, 0) is 5.60 Å². The smallest absolute Gasteiger partial charge is 0.130 e. The molecule has 0 fully saturated rings. The van der Waals surface area contributed by atoms with Crippen LogP contribution in [0.5, 0.6) is 0 Å². The number of nitrogens with two attached hydrogens (primary N) is 1. The Labute approximate surface area is 100 Å². The van der Waals surface area contributed by atoms with Crippen LogP contribution in [0.4, 0.5) is 0 Å². The molecule has 0 saturated carbocycles. The van der Waals surface area contributed by atoms with E-state index in [9.17, 15) is 5.11 Å². The van der Waals surface area contributed by atoms with Gasteiger partial charge in [-0.3, -0.25) is 9.97 Å². The number of nitrogens with zero attached hydrogens (tertiary/aromatic N) is 2. The zero-order chi connectivity index (χ0) is 12.3. The van der Waals surface area contributed by atoms with Gasteiger partial charge in [-0.15, -0.1) is 0 Å². The highest BCUT2D eigenvalue weighted by Crippen LogP contribution is 2.31. The normalized spacial score (nSPS) is 13.4. The average molecular weight is 229 g/mol. The minimum atomic E-state index is -1.22. The van der Waals surface area contributed by atoms with Crippen LogP contribution >= 0.6 is 0 Å². The van der Waals surface area contributed by atoms with Gasteiger partial charge < -0.3 is 10.8 Å². The molecule has 0 saturated heterocycles. The lowest BCUT2D eigenvalue weighted by Crippen LogP contribution is -2.44. The van der Waals surface area contributed by atoms with Gasteiger partial charge in [0.1, 0.15) is 5.60 Å².